The number of sulfonamides is 1. The van der Waals surface area contributed by atoms with Crippen molar-refractivity contribution in [3.05, 3.63) is 39.7 Å². The van der Waals surface area contributed by atoms with Gasteiger partial charge in [-0.2, -0.15) is 0 Å². The standard InChI is InChI=1S/C14H19N3O2S2/c1-4-15-8-12-14(10(2)9-20-12)21(18,19)17-13-7-5-6-11(3)16-13/h5-7,9,15H,4,8H2,1-3H3,(H,16,17). The van der Waals surface area contributed by atoms with Crippen LogP contribution in [0.5, 0.6) is 0 Å². The average Bonchev–Trinajstić information content (AvgIpc) is 2.77. The summed E-state index contributed by atoms with van der Waals surface area (Å²) in [5.74, 6) is 0.343. The fraction of sp³-hybridized carbons (Fsp3) is 0.357. The number of nitrogens with one attached hydrogen (secondary N) is 2. The zero-order valence-corrected chi connectivity index (χ0v) is 13.9. The molecule has 0 aromatic carbocycles. The molecule has 2 aromatic rings. The van der Waals surface area contributed by atoms with Crippen molar-refractivity contribution in [3.63, 3.8) is 0 Å². The molecule has 0 aliphatic rings. The highest BCUT2D eigenvalue weighted by atomic mass is 32.2. The van der Waals surface area contributed by atoms with Crippen molar-refractivity contribution in [2.24, 2.45) is 0 Å². The maximum absolute atomic E-state index is 12.6. The maximum atomic E-state index is 12.6. The molecule has 0 saturated heterocycles. The molecular weight excluding hydrogens is 306 g/mol. The number of hydrogen-bond acceptors (Lipinski definition) is 5. The molecule has 0 bridgehead atoms. The van der Waals surface area contributed by atoms with Crippen LogP contribution in [0.15, 0.2) is 28.5 Å². The van der Waals surface area contributed by atoms with Crippen LogP contribution in [0.25, 0.3) is 0 Å². The van der Waals surface area contributed by atoms with Crippen molar-refractivity contribution in [2.75, 3.05) is 11.3 Å². The van der Waals surface area contributed by atoms with E-state index in [0.717, 1.165) is 22.7 Å². The molecule has 2 heterocycles. The highest BCUT2D eigenvalue weighted by Gasteiger charge is 2.23. The summed E-state index contributed by atoms with van der Waals surface area (Å²) >= 11 is 1.45. The maximum Gasteiger partial charge on any atom is 0.264 e. The van der Waals surface area contributed by atoms with Gasteiger partial charge in [-0.3, -0.25) is 4.72 Å². The third-order valence-corrected chi connectivity index (χ3v) is 5.74. The second-order valence-electron chi connectivity index (χ2n) is 4.72. The van der Waals surface area contributed by atoms with E-state index in [-0.39, 0.29) is 0 Å². The predicted octanol–water partition coefficient (Wildman–Crippen LogP) is 2.67. The lowest BCUT2D eigenvalue weighted by atomic mass is 10.3. The second-order valence-corrected chi connectivity index (χ2v) is 7.30. The number of hydrogen-bond donors (Lipinski definition) is 2. The highest BCUT2D eigenvalue weighted by Crippen LogP contribution is 2.28. The number of anilines is 1. The number of rotatable bonds is 6. The smallest absolute Gasteiger partial charge is 0.264 e. The summed E-state index contributed by atoms with van der Waals surface area (Å²) in [6, 6.07) is 5.25. The molecule has 0 aliphatic heterocycles. The van der Waals surface area contributed by atoms with Crippen LogP contribution < -0.4 is 10.0 Å². The molecule has 0 atom stereocenters. The molecular formula is C14H19N3O2S2. The van der Waals surface area contributed by atoms with Gasteiger partial charge in [-0.1, -0.05) is 13.0 Å². The Morgan fingerprint density at radius 3 is 2.71 bits per heavy atom. The molecule has 0 aliphatic carbocycles. The topological polar surface area (TPSA) is 71.1 Å². The van der Waals surface area contributed by atoms with E-state index >= 15 is 0 Å². The third kappa shape index (κ3) is 3.81. The number of aromatic nitrogens is 1. The van der Waals surface area contributed by atoms with E-state index in [2.05, 4.69) is 15.0 Å². The zero-order valence-electron chi connectivity index (χ0n) is 12.3. The summed E-state index contributed by atoms with van der Waals surface area (Å²) in [5.41, 5.74) is 1.53. The Morgan fingerprint density at radius 2 is 2.05 bits per heavy atom. The Hall–Kier alpha value is -1.44. The van der Waals surface area contributed by atoms with Crippen molar-refractivity contribution in [1.29, 1.82) is 0 Å². The molecule has 21 heavy (non-hydrogen) atoms. The van der Waals surface area contributed by atoms with Gasteiger partial charge in [-0.15, -0.1) is 11.3 Å². The lowest BCUT2D eigenvalue weighted by Crippen LogP contribution is -2.18. The van der Waals surface area contributed by atoms with Crippen LogP contribution in [0.2, 0.25) is 0 Å². The molecule has 0 saturated carbocycles. The van der Waals surface area contributed by atoms with E-state index in [4.69, 9.17) is 0 Å². The monoisotopic (exact) mass is 325 g/mol. The third-order valence-electron chi connectivity index (χ3n) is 2.92. The molecule has 0 unspecified atom stereocenters. The van der Waals surface area contributed by atoms with Crippen molar-refractivity contribution in [3.8, 4) is 0 Å². The van der Waals surface area contributed by atoms with Crippen LogP contribution in [0.3, 0.4) is 0 Å². The van der Waals surface area contributed by atoms with Crippen molar-refractivity contribution >= 4 is 27.2 Å². The summed E-state index contributed by atoms with van der Waals surface area (Å²) in [6.45, 7) is 6.97. The number of nitrogens with zero attached hydrogens (tertiary/aromatic N) is 1. The Kier molecular flexibility index (Phi) is 4.97. The molecule has 0 radical (unpaired) electrons. The van der Waals surface area contributed by atoms with Crippen LogP contribution in [0, 0.1) is 13.8 Å². The summed E-state index contributed by atoms with van der Waals surface area (Å²) in [4.78, 5) is 5.36. The van der Waals surface area contributed by atoms with Gasteiger partial charge in [0.2, 0.25) is 0 Å². The van der Waals surface area contributed by atoms with Gasteiger partial charge >= 0.3 is 0 Å². The second kappa shape index (κ2) is 6.55. The van der Waals surface area contributed by atoms with Crippen LogP contribution in [-0.4, -0.2) is 19.9 Å². The Morgan fingerprint density at radius 1 is 1.29 bits per heavy atom. The molecule has 0 spiro atoms. The van der Waals surface area contributed by atoms with Gasteiger partial charge in [0.05, 0.1) is 0 Å². The quantitative estimate of drug-likeness (QED) is 0.856. The Balaban J connectivity index is 2.33. The van der Waals surface area contributed by atoms with Crippen molar-refractivity contribution in [2.45, 2.75) is 32.2 Å². The van der Waals surface area contributed by atoms with E-state index in [0.29, 0.717) is 17.3 Å². The van der Waals surface area contributed by atoms with Gasteiger partial charge in [-0.25, -0.2) is 13.4 Å². The minimum Gasteiger partial charge on any atom is -0.312 e. The number of thiophene rings is 1. The van der Waals surface area contributed by atoms with Crippen LogP contribution >= 0.6 is 11.3 Å². The largest absolute Gasteiger partial charge is 0.312 e. The van der Waals surface area contributed by atoms with Crippen LogP contribution in [0.4, 0.5) is 5.82 Å². The van der Waals surface area contributed by atoms with Gasteiger partial charge in [0.15, 0.2) is 0 Å². The highest BCUT2D eigenvalue weighted by molar-refractivity contribution is 7.93. The van der Waals surface area contributed by atoms with Crippen LogP contribution in [0.1, 0.15) is 23.1 Å². The molecule has 0 fully saturated rings. The lowest BCUT2D eigenvalue weighted by molar-refractivity contribution is 0.598. The van der Waals surface area contributed by atoms with E-state index < -0.39 is 10.0 Å². The van der Waals surface area contributed by atoms with Gasteiger partial charge in [-0.05, 0) is 43.5 Å². The van der Waals surface area contributed by atoms with Crippen molar-refractivity contribution in [1.82, 2.24) is 10.3 Å². The molecule has 2 aromatic heterocycles. The predicted molar refractivity (Wildman–Crippen MR) is 86.2 cm³/mol. The van der Waals surface area contributed by atoms with Gasteiger partial charge < -0.3 is 5.32 Å². The summed E-state index contributed by atoms with van der Waals surface area (Å²) in [5, 5.41) is 5.03. The number of aryl methyl sites for hydroxylation is 2. The van der Waals surface area contributed by atoms with Gasteiger partial charge in [0.25, 0.3) is 10.0 Å². The lowest BCUT2D eigenvalue weighted by Gasteiger charge is -2.10. The average molecular weight is 325 g/mol. The molecule has 0 amide bonds. The molecule has 2 N–H and O–H groups in total. The first-order valence-corrected chi connectivity index (χ1v) is 9.04. The first kappa shape index (κ1) is 15.9. The minimum atomic E-state index is -3.62. The van der Waals surface area contributed by atoms with Crippen LogP contribution in [-0.2, 0) is 16.6 Å². The first-order valence-electron chi connectivity index (χ1n) is 6.68. The molecule has 2 rings (SSSR count). The van der Waals surface area contributed by atoms with Gasteiger partial charge in [0, 0.05) is 17.1 Å². The molecule has 5 nitrogen and oxygen atoms in total. The first-order chi connectivity index (χ1) is 9.94. The van der Waals surface area contributed by atoms with E-state index in [9.17, 15) is 8.42 Å². The fourth-order valence-electron chi connectivity index (χ4n) is 2.00. The van der Waals surface area contributed by atoms with E-state index in [1.165, 1.54) is 11.3 Å². The Bertz CT molecular complexity index is 724. The summed E-state index contributed by atoms with van der Waals surface area (Å²) < 4.78 is 27.8. The van der Waals surface area contributed by atoms with Crippen molar-refractivity contribution < 1.29 is 8.42 Å². The van der Waals surface area contributed by atoms with Gasteiger partial charge in [0.1, 0.15) is 10.7 Å². The van der Waals surface area contributed by atoms with E-state index in [1.54, 1.807) is 12.1 Å². The fourth-order valence-corrected chi connectivity index (χ4v) is 4.78. The Labute approximate surface area is 129 Å². The summed E-state index contributed by atoms with van der Waals surface area (Å²) in [6.07, 6.45) is 0. The van der Waals surface area contributed by atoms with E-state index in [1.807, 2.05) is 32.2 Å². The SMILES string of the molecule is CCNCc1scc(C)c1S(=O)(=O)Nc1cccc(C)n1. The number of pyridine rings is 1. The summed E-state index contributed by atoms with van der Waals surface area (Å²) in [7, 11) is -3.62. The zero-order chi connectivity index (χ0) is 15.5. The minimum absolute atomic E-state index is 0.343. The molecule has 114 valence electrons. The normalized spacial score (nSPS) is 11.6. The molecule has 7 heteroatoms.